The molecule has 150 valence electrons. The number of rotatable bonds is 3. The molecule has 6 heteroatoms. The molecule has 1 aromatic heterocycles. The van der Waals surface area contributed by atoms with E-state index in [4.69, 9.17) is 0 Å². The van der Waals surface area contributed by atoms with Gasteiger partial charge in [0.2, 0.25) is 5.91 Å². The van der Waals surface area contributed by atoms with Gasteiger partial charge in [-0.1, -0.05) is 30.3 Å². The number of nitrogens with one attached hydrogen (secondary N) is 2. The van der Waals surface area contributed by atoms with Gasteiger partial charge in [-0.25, -0.2) is 0 Å². The molecule has 2 heterocycles. The topological polar surface area (TPSA) is 68.4 Å². The van der Waals surface area contributed by atoms with Crippen molar-refractivity contribution in [3.8, 4) is 0 Å². The van der Waals surface area contributed by atoms with E-state index in [0.717, 1.165) is 22.2 Å². The molecular formula is C23H26N4O2. The Bertz CT molecular complexity index is 1070. The molecule has 0 unspecified atom stereocenters. The van der Waals surface area contributed by atoms with Crippen LogP contribution in [0.1, 0.15) is 33.2 Å². The van der Waals surface area contributed by atoms with Crippen LogP contribution < -0.4 is 5.32 Å². The van der Waals surface area contributed by atoms with Gasteiger partial charge in [0, 0.05) is 50.4 Å². The van der Waals surface area contributed by atoms with Crippen LogP contribution in [-0.2, 0) is 11.2 Å². The molecule has 0 spiro atoms. The Kier molecular flexibility index (Phi) is 4.88. The molecule has 3 aromatic rings. The molecule has 29 heavy (non-hydrogen) atoms. The van der Waals surface area contributed by atoms with E-state index in [1.165, 1.54) is 5.56 Å². The second-order valence-corrected chi connectivity index (χ2v) is 7.97. The maximum atomic E-state index is 12.8. The van der Waals surface area contributed by atoms with Crippen molar-refractivity contribution in [2.75, 3.05) is 28.2 Å². The number of nitrogens with zero attached hydrogens (tertiary/aromatic N) is 2. The molecule has 2 N–H and O–H groups in total. The van der Waals surface area contributed by atoms with E-state index in [1.54, 1.807) is 38.0 Å². The maximum Gasteiger partial charge on any atom is 0.253 e. The van der Waals surface area contributed by atoms with Crippen molar-refractivity contribution in [3.05, 3.63) is 70.9 Å². The Morgan fingerprint density at radius 2 is 1.62 bits per heavy atom. The van der Waals surface area contributed by atoms with Crippen LogP contribution in [-0.4, -0.2) is 60.8 Å². The summed E-state index contributed by atoms with van der Waals surface area (Å²) in [4.78, 5) is 31.7. The highest BCUT2D eigenvalue weighted by atomic mass is 16.2. The Morgan fingerprint density at radius 3 is 2.28 bits per heavy atom. The lowest BCUT2D eigenvalue weighted by Crippen LogP contribution is -2.49. The van der Waals surface area contributed by atoms with Crippen LogP contribution in [0, 0.1) is 0 Å². The molecule has 0 saturated heterocycles. The molecule has 4 rings (SSSR count). The molecule has 0 saturated carbocycles. The first-order chi connectivity index (χ1) is 13.9. The number of amides is 2. The van der Waals surface area contributed by atoms with E-state index in [0.29, 0.717) is 12.0 Å². The normalized spacial score (nSPS) is 18.3. The molecular weight excluding hydrogens is 364 g/mol. The second kappa shape index (κ2) is 7.37. The first-order valence-electron chi connectivity index (χ1n) is 9.75. The minimum absolute atomic E-state index is 0.0277. The minimum Gasteiger partial charge on any atom is -0.357 e. The summed E-state index contributed by atoms with van der Waals surface area (Å²) in [6.07, 6.45) is 0.643. The number of fused-ring (bicyclic) bond motifs is 3. The molecule has 0 bridgehead atoms. The number of hydrogen-bond acceptors (Lipinski definition) is 3. The summed E-state index contributed by atoms with van der Waals surface area (Å²) in [5, 5.41) is 4.68. The number of benzene rings is 2. The van der Waals surface area contributed by atoms with Gasteiger partial charge in [-0.15, -0.1) is 0 Å². The van der Waals surface area contributed by atoms with Gasteiger partial charge >= 0.3 is 0 Å². The third-order valence-electron chi connectivity index (χ3n) is 5.55. The van der Waals surface area contributed by atoms with E-state index in [2.05, 4.69) is 22.4 Å². The monoisotopic (exact) mass is 390 g/mol. The summed E-state index contributed by atoms with van der Waals surface area (Å²) in [7, 11) is 7.05. The van der Waals surface area contributed by atoms with Crippen molar-refractivity contribution >= 4 is 22.7 Å². The number of hydrogen-bond donors (Lipinski definition) is 2. The minimum atomic E-state index is -0.301. The summed E-state index contributed by atoms with van der Waals surface area (Å²) in [6, 6.07) is 15.4. The SMILES string of the molecule is CN(C)C(=O)c1ccc([C@@H]2N[C@@H](C(=O)N(C)C)Cc3c2[nH]c2ccccc32)cc1. The summed E-state index contributed by atoms with van der Waals surface area (Å²) >= 11 is 0. The summed E-state index contributed by atoms with van der Waals surface area (Å²) in [5.74, 6) is 0.0328. The van der Waals surface area contributed by atoms with Crippen LogP contribution in [0.4, 0.5) is 0 Å². The highest BCUT2D eigenvalue weighted by molar-refractivity contribution is 5.94. The zero-order chi connectivity index (χ0) is 20.7. The van der Waals surface area contributed by atoms with Gasteiger partial charge in [0.25, 0.3) is 5.91 Å². The van der Waals surface area contributed by atoms with Crippen molar-refractivity contribution in [3.63, 3.8) is 0 Å². The number of H-pyrrole nitrogens is 1. The van der Waals surface area contributed by atoms with E-state index in [-0.39, 0.29) is 23.9 Å². The third-order valence-corrected chi connectivity index (χ3v) is 5.55. The number of aromatic nitrogens is 1. The summed E-state index contributed by atoms with van der Waals surface area (Å²) in [6.45, 7) is 0. The quantitative estimate of drug-likeness (QED) is 0.722. The standard InChI is InChI=1S/C23H26N4O2/c1-26(2)22(28)15-11-9-14(10-12-15)20-21-17(13-19(25-20)23(29)27(3)4)16-7-5-6-8-18(16)24-21/h5-12,19-20,24-25H,13H2,1-4H3/t19-,20+/m1/s1. The van der Waals surface area contributed by atoms with Crippen molar-refractivity contribution in [1.82, 2.24) is 20.1 Å². The molecule has 2 amide bonds. The van der Waals surface area contributed by atoms with Crippen LogP contribution in [0.3, 0.4) is 0 Å². The smallest absolute Gasteiger partial charge is 0.253 e. The average Bonchev–Trinajstić information content (AvgIpc) is 3.10. The van der Waals surface area contributed by atoms with E-state index < -0.39 is 0 Å². The fraction of sp³-hybridized carbons (Fsp3) is 0.304. The molecule has 0 aliphatic carbocycles. The first-order valence-corrected chi connectivity index (χ1v) is 9.75. The van der Waals surface area contributed by atoms with E-state index >= 15 is 0 Å². The highest BCUT2D eigenvalue weighted by Crippen LogP contribution is 2.35. The largest absolute Gasteiger partial charge is 0.357 e. The zero-order valence-electron chi connectivity index (χ0n) is 17.2. The van der Waals surface area contributed by atoms with E-state index in [9.17, 15) is 9.59 Å². The van der Waals surface area contributed by atoms with Gasteiger partial charge < -0.3 is 14.8 Å². The number of aromatic amines is 1. The number of likely N-dealkylation sites (N-methyl/N-ethyl adjacent to an activating group) is 1. The molecule has 6 nitrogen and oxygen atoms in total. The zero-order valence-corrected chi connectivity index (χ0v) is 17.2. The van der Waals surface area contributed by atoms with Gasteiger partial charge in [0.05, 0.1) is 12.1 Å². The van der Waals surface area contributed by atoms with Crippen LogP contribution in [0.5, 0.6) is 0 Å². The number of carbonyl (C=O) groups excluding carboxylic acids is 2. The Morgan fingerprint density at radius 1 is 0.931 bits per heavy atom. The second-order valence-electron chi connectivity index (χ2n) is 7.97. The van der Waals surface area contributed by atoms with Gasteiger partial charge in [0.1, 0.15) is 0 Å². The van der Waals surface area contributed by atoms with E-state index in [1.807, 2.05) is 36.4 Å². The fourth-order valence-electron chi connectivity index (χ4n) is 4.04. The average molecular weight is 390 g/mol. The van der Waals surface area contributed by atoms with Gasteiger partial charge in [0.15, 0.2) is 0 Å². The lowest BCUT2D eigenvalue weighted by atomic mass is 9.89. The molecule has 0 fully saturated rings. The molecule has 2 atom stereocenters. The van der Waals surface area contributed by atoms with Crippen LogP contribution in [0.25, 0.3) is 10.9 Å². The van der Waals surface area contributed by atoms with Gasteiger partial charge in [-0.05, 0) is 35.7 Å². The molecule has 0 radical (unpaired) electrons. The molecule has 2 aromatic carbocycles. The number of para-hydroxylation sites is 1. The highest BCUT2D eigenvalue weighted by Gasteiger charge is 2.34. The molecule has 1 aliphatic rings. The summed E-state index contributed by atoms with van der Waals surface area (Å²) in [5.41, 5.74) is 5.00. The Labute approximate surface area is 170 Å². The van der Waals surface area contributed by atoms with Crippen LogP contribution in [0.15, 0.2) is 48.5 Å². The Hall–Kier alpha value is -3.12. The molecule has 1 aliphatic heterocycles. The van der Waals surface area contributed by atoms with Crippen molar-refractivity contribution in [2.45, 2.75) is 18.5 Å². The van der Waals surface area contributed by atoms with Crippen molar-refractivity contribution in [2.24, 2.45) is 0 Å². The maximum absolute atomic E-state index is 12.8. The third kappa shape index (κ3) is 3.40. The van der Waals surface area contributed by atoms with Crippen LogP contribution in [0.2, 0.25) is 0 Å². The summed E-state index contributed by atoms with van der Waals surface area (Å²) < 4.78 is 0. The Balaban J connectivity index is 1.78. The first kappa shape index (κ1) is 19.2. The van der Waals surface area contributed by atoms with Gasteiger partial charge in [-0.3, -0.25) is 14.9 Å². The van der Waals surface area contributed by atoms with Crippen molar-refractivity contribution in [1.29, 1.82) is 0 Å². The number of carbonyl (C=O) groups is 2. The van der Waals surface area contributed by atoms with Gasteiger partial charge in [-0.2, -0.15) is 0 Å². The fourth-order valence-corrected chi connectivity index (χ4v) is 4.04. The predicted molar refractivity (Wildman–Crippen MR) is 114 cm³/mol. The lowest BCUT2D eigenvalue weighted by Gasteiger charge is -2.32. The predicted octanol–water partition coefficient (Wildman–Crippen LogP) is 2.56. The van der Waals surface area contributed by atoms with Crippen molar-refractivity contribution < 1.29 is 9.59 Å². The lowest BCUT2D eigenvalue weighted by molar-refractivity contribution is -0.131. The van der Waals surface area contributed by atoms with Crippen LogP contribution >= 0.6 is 0 Å².